The average molecular weight is 291 g/mol. The molecule has 4 nitrogen and oxygen atoms in total. The van der Waals surface area contributed by atoms with Crippen molar-refractivity contribution < 1.29 is 4.74 Å². The second-order valence-corrected chi connectivity index (χ2v) is 5.83. The van der Waals surface area contributed by atoms with E-state index in [1.807, 2.05) is 26.0 Å². The molecule has 108 valence electrons. The van der Waals surface area contributed by atoms with E-state index in [2.05, 4.69) is 28.7 Å². The largest absolute Gasteiger partial charge is 0.473 e. The van der Waals surface area contributed by atoms with E-state index >= 15 is 0 Å². The number of thiophene rings is 1. The lowest BCUT2D eigenvalue weighted by atomic mass is 10.2. The van der Waals surface area contributed by atoms with Crippen LogP contribution in [0, 0.1) is 0 Å². The number of nitrogens with two attached hydrogens (primary N) is 1. The molecule has 0 aromatic carbocycles. The van der Waals surface area contributed by atoms with Crippen LogP contribution in [0.1, 0.15) is 31.2 Å². The second-order valence-electron chi connectivity index (χ2n) is 4.83. The Morgan fingerprint density at radius 2 is 2.15 bits per heavy atom. The number of nitrogens with one attached hydrogen (secondary N) is 1. The zero-order chi connectivity index (χ0) is 14.5. The summed E-state index contributed by atoms with van der Waals surface area (Å²) in [4.78, 5) is 5.76. The highest BCUT2D eigenvalue weighted by molar-refractivity contribution is 7.10. The van der Waals surface area contributed by atoms with Gasteiger partial charge in [0.25, 0.3) is 0 Å². The quantitative estimate of drug-likeness (QED) is 0.852. The first kappa shape index (κ1) is 14.7. The maximum Gasteiger partial charge on any atom is 0.239 e. The molecule has 0 aliphatic rings. The molecule has 2 rings (SSSR count). The summed E-state index contributed by atoms with van der Waals surface area (Å²) in [6.07, 6.45) is 1.11. The van der Waals surface area contributed by atoms with Gasteiger partial charge < -0.3 is 15.8 Å². The van der Waals surface area contributed by atoms with Crippen LogP contribution in [0.4, 0.5) is 11.5 Å². The van der Waals surface area contributed by atoms with Crippen LogP contribution in [0.25, 0.3) is 0 Å². The van der Waals surface area contributed by atoms with Crippen LogP contribution in [-0.4, -0.2) is 11.1 Å². The molecular formula is C15H21N3OS. The Labute approximate surface area is 124 Å². The average Bonchev–Trinajstić information content (AvgIpc) is 2.86. The highest BCUT2D eigenvalue weighted by atomic mass is 32.1. The number of rotatable bonds is 6. The van der Waals surface area contributed by atoms with Gasteiger partial charge in [0.05, 0.1) is 18.3 Å². The molecule has 0 spiro atoms. The summed E-state index contributed by atoms with van der Waals surface area (Å²) in [6, 6.07) is 5.87. The van der Waals surface area contributed by atoms with Gasteiger partial charge in [0, 0.05) is 4.88 Å². The first-order valence-corrected chi connectivity index (χ1v) is 7.70. The molecule has 0 radical (unpaired) electrons. The van der Waals surface area contributed by atoms with Crippen LogP contribution in [0.2, 0.25) is 0 Å². The molecule has 0 bridgehead atoms. The van der Waals surface area contributed by atoms with Gasteiger partial charge in [0.15, 0.2) is 0 Å². The summed E-state index contributed by atoms with van der Waals surface area (Å²) in [6.45, 7) is 6.86. The van der Waals surface area contributed by atoms with Gasteiger partial charge >= 0.3 is 0 Å². The molecule has 3 N–H and O–H groups in total. The minimum absolute atomic E-state index is 0.0593. The van der Waals surface area contributed by atoms with Crippen LogP contribution in [0.3, 0.4) is 0 Å². The van der Waals surface area contributed by atoms with Crippen LogP contribution in [0.5, 0.6) is 5.88 Å². The smallest absolute Gasteiger partial charge is 0.239 e. The highest BCUT2D eigenvalue weighted by Crippen LogP contribution is 2.23. The number of pyridine rings is 1. The third-order valence-electron chi connectivity index (χ3n) is 2.89. The van der Waals surface area contributed by atoms with E-state index in [0.29, 0.717) is 11.6 Å². The van der Waals surface area contributed by atoms with Gasteiger partial charge in [-0.15, -0.1) is 11.3 Å². The SMILES string of the molecule is CCc1ccsc1CNc1ccc(N)c(OC(C)C)n1. The number of hydrogen-bond acceptors (Lipinski definition) is 5. The maximum atomic E-state index is 5.86. The number of ether oxygens (including phenoxy) is 1. The van der Waals surface area contributed by atoms with Crippen LogP contribution < -0.4 is 15.8 Å². The predicted octanol–water partition coefficient (Wildman–Crippen LogP) is 3.69. The van der Waals surface area contributed by atoms with E-state index < -0.39 is 0 Å². The standard InChI is InChI=1S/C15H21N3OS/c1-4-11-7-8-20-13(11)9-17-14-6-5-12(16)15(18-14)19-10(2)3/h5-8,10H,4,9,16H2,1-3H3,(H,17,18). The molecule has 0 fully saturated rings. The number of nitrogens with zero attached hydrogens (tertiary/aromatic N) is 1. The third-order valence-corrected chi connectivity index (χ3v) is 3.85. The molecular weight excluding hydrogens is 270 g/mol. The molecule has 0 aliphatic heterocycles. The molecule has 0 amide bonds. The van der Waals surface area contributed by atoms with Crippen LogP contribution >= 0.6 is 11.3 Å². The molecule has 20 heavy (non-hydrogen) atoms. The molecule has 5 heteroatoms. The topological polar surface area (TPSA) is 60.2 Å². The van der Waals surface area contributed by atoms with Crippen molar-refractivity contribution in [2.24, 2.45) is 0 Å². The Morgan fingerprint density at radius 1 is 1.35 bits per heavy atom. The van der Waals surface area contributed by atoms with Gasteiger partial charge in [-0.1, -0.05) is 6.92 Å². The summed E-state index contributed by atoms with van der Waals surface area (Å²) < 4.78 is 5.59. The summed E-state index contributed by atoms with van der Waals surface area (Å²) >= 11 is 1.77. The van der Waals surface area contributed by atoms with E-state index in [1.165, 1.54) is 10.4 Å². The van der Waals surface area contributed by atoms with Gasteiger partial charge in [0.2, 0.25) is 5.88 Å². The fraction of sp³-hybridized carbons (Fsp3) is 0.400. The monoisotopic (exact) mass is 291 g/mol. The fourth-order valence-corrected chi connectivity index (χ4v) is 2.79. The van der Waals surface area contributed by atoms with Crippen molar-refractivity contribution in [2.45, 2.75) is 39.8 Å². The van der Waals surface area contributed by atoms with Crippen molar-refractivity contribution in [1.29, 1.82) is 0 Å². The predicted molar refractivity (Wildman–Crippen MR) is 85.4 cm³/mol. The minimum Gasteiger partial charge on any atom is -0.473 e. The number of aromatic nitrogens is 1. The van der Waals surface area contributed by atoms with E-state index in [4.69, 9.17) is 10.5 Å². The Bertz CT molecular complexity index is 566. The number of aryl methyl sites for hydroxylation is 1. The summed E-state index contributed by atoms with van der Waals surface area (Å²) in [5, 5.41) is 5.45. The number of hydrogen-bond donors (Lipinski definition) is 2. The third kappa shape index (κ3) is 3.63. The van der Waals surface area contributed by atoms with Gasteiger partial charge in [-0.05, 0) is 49.4 Å². The molecule has 0 saturated heterocycles. The second kappa shape index (κ2) is 6.61. The van der Waals surface area contributed by atoms with Gasteiger partial charge in [-0.25, -0.2) is 0 Å². The summed E-state index contributed by atoms with van der Waals surface area (Å²) in [7, 11) is 0. The van der Waals surface area contributed by atoms with Crippen molar-refractivity contribution in [3.63, 3.8) is 0 Å². The first-order chi connectivity index (χ1) is 9.60. The molecule has 0 aliphatic carbocycles. The molecule has 0 atom stereocenters. The van der Waals surface area contributed by atoms with E-state index in [0.717, 1.165) is 18.8 Å². The van der Waals surface area contributed by atoms with E-state index in [-0.39, 0.29) is 6.10 Å². The molecule has 0 saturated carbocycles. The number of anilines is 2. The molecule has 2 aromatic heterocycles. The van der Waals surface area contributed by atoms with Crippen molar-refractivity contribution in [3.8, 4) is 5.88 Å². The lowest BCUT2D eigenvalue weighted by molar-refractivity contribution is 0.234. The maximum absolute atomic E-state index is 5.86. The number of nitrogen functional groups attached to an aromatic ring is 1. The van der Waals surface area contributed by atoms with Gasteiger partial charge in [0.1, 0.15) is 5.82 Å². The van der Waals surface area contributed by atoms with Crippen LogP contribution in [-0.2, 0) is 13.0 Å². The summed E-state index contributed by atoms with van der Waals surface area (Å²) in [5.41, 5.74) is 7.81. The molecule has 2 heterocycles. The normalized spacial score (nSPS) is 10.8. The minimum atomic E-state index is 0.0593. The Balaban J connectivity index is 2.06. The Kier molecular flexibility index (Phi) is 4.84. The van der Waals surface area contributed by atoms with Gasteiger partial charge in [-0.2, -0.15) is 4.98 Å². The Morgan fingerprint density at radius 3 is 2.85 bits per heavy atom. The van der Waals surface area contributed by atoms with E-state index in [9.17, 15) is 0 Å². The fourth-order valence-electron chi connectivity index (χ4n) is 1.88. The zero-order valence-corrected chi connectivity index (χ0v) is 13.0. The van der Waals surface area contributed by atoms with Crippen LogP contribution in [0.15, 0.2) is 23.6 Å². The lowest BCUT2D eigenvalue weighted by Gasteiger charge is -2.13. The lowest BCUT2D eigenvalue weighted by Crippen LogP contribution is -2.10. The highest BCUT2D eigenvalue weighted by Gasteiger charge is 2.07. The van der Waals surface area contributed by atoms with Crippen molar-refractivity contribution >= 4 is 22.8 Å². The first-order valence-electron chi connectivity index (χ1n) is 6.82. The molecule has 2 aromatic rings. The Hall–Kier alpha value is -1.75. The van der Waals surface area contributed by atoms with Crippen molar-refractivity contribution in [3.05, 3.63) is 34.0 Å². The van der Waals surface area contributed by atoms with Crippen molar-refractivity contribution in [2.75, 3.05) is 11.1 Å². The zero-order valence-electron chi connectivity index (χ0n) is 12.1. The summed E-state index contributed by atoms with van der Waals surface area (Å²) in [5.74, 6) is 1.28. The van der Waals surface area contributed by atoms with E-state index in [1.54, 1.807) is 11.3 Å². The van der Waals surface area contributed by atoms with Crippen molar-refractivity contribution in [1.82, 2.24) is 4.98 Å². The molecule has 0 unspecified atom stereocenters. The van der Waals surface area contributed by atoms with Gasteiger partial charge in [-0.3, -0.25) is 0 Å².